The fourth-order valence-corrected chi connectivity index (χ4v) is 4.86. The van der Waals surface area contributed by atoms with E-state index in [2.05, 4.69) is 4.57 Å². The molecule has 8 heteroatoms. The summed E-state index contributed by atoms with van der Waals surface area (Å²) in [4.78, 5) is 29.5. The standard InChI is InChI=1S/C28H21Cl2N3O2S/c1-17-7-10-20(11-8-17)33-27(35)22(26(34)31(2)28(33)36)14-19-16-32(25-6-4-3-5-21(19)25)15-18-9-12-23(29)24(30)13-18/h3-14,16H,15H2,1-2H3/b22-14-. The number of amides is 2. The van der Waals surface area contributed by atoms with E-state index in [-0.39, 0.29) is 10.7 Å². The third-order valence-electron chi connectivity index (χ3n) is 6.20. The monoisotopic (exact) mass is 533 g/mol. The van der Waals surface area contributed by atoms with Crippen molar-refractivity contribution < 1.29 is 9.59 Å². The van der Waals surface area contributed by atoms with Gasteiger partial charge in [0.25, 0.3) is 11.8 Å². The van der Waals surface area contributed by atoms with Gasteiger partial charge in [-0.3, -0.25) is 19.4 Å². The van der Waals surface area contributed by atoms with E-state index in [9.17, 15) is 9.59 Å². The summed E-state index contributed by atoms with van der Waals surface area (Å²) in [6, 6.07) is 20.8. The van der Waals surface area contributed by atoms with Crippen LogP contribution in [0.2, 0.25) is 10.0 Å². The molecule has 3 aromatic carbocycles. The predicted octanol–water partition coefficient (Wildman–Crippen LogP) is 6.48. The number of rotatable bonds is 4. The molecular formula is C28H21Cl2N3O2S. The average Bonchev–Trinajstić information content (AvgIpc) is 3.21. The highest BCUT2D eigenvalue weighted by Gasteiger charge is 2.38. The number of benzene rings is 3. The summed E-state index contributed by atoms with van der Waals surface area (Å²) >= 11 is 17.8. The molecule has 4 aromatic rings. The van der Waals surface area contributed by atoms with Crippen LogP contribution in [-0.4, -0.2) is 33.4 Å². The smallest absolute Gasteiger partial charge is 0.270 e. The number of carbonyl (C=O) groups excluding carboxylic acids is 2. The van der Waals surface area contributed by atoms with Crippen LogP contribution in [0, 0.1) is 6.92 Å². The number of nitrogens with zero attached hydrogens (tertiary/aromatic N) is 3. The highest BCUT2D eigenvalue weighted by molar-refractivity contribution is 7.80. The maximum absolute atomic E-state index is 13.6. The van der Waals surface area contributed by atoms with Gasteiger partial charge in [-0.2, -0.15) is 0 Å². The first-order valence-corrected chi connectivity index (χ1v) is 12.4. The van der Waals surface area contributed by atoms with Crippen LogP contribution < -0.4 is 4.90 Å². The Labute approximate surface area is 224 Å². The fourth-order valence-electron chi connectivity index (χ4n) is 4.27. The van der Waals surface area contributed by atoms with Gasteiger partial charge in [-0.25, -0.2) is 0 Å². The van der Waals surface area contributed by atoms with Crippen LogP contribution in [0.15, 0.2) is 78.5 Å². The number of anilines is 1. The molecule has 1 saturated heterocycles. The topological polar surface area (TPSA) is 45.6 Å². The van der Waals surface area contributed by atoms with E-state index in [0.29, 0.717) is 22.3 Å². The Hall–Kier alpha value is -3.45. The second kappa shape index (κ2) is 9.54. The van der Waals surface area contributed by atoms with Crippen molar-refractivity contribution in [2.75, 3.05) is 11.9 Å². The molecule has 1 aromatic heterocycles. The number of likely N-dealkylation sites (N-methyl/N-ethyl adjacent to an activating group) is 1. The Balaban J connectivity index is 1.58. The highest BCUT2D eigenvalue weighted by atomic mass is 35.5. The second-order valence-electron chi connectivity index (χ2n) is 8.66. The Morgan fingerprint density at radius 2 is 1.64 bits per heavy atom. The fraction of sp³-hybridized carbons (Fsp3) is 0.107. The van der Waals surface area contributed by atoms with E-state index in [1.807, 2.05) is 73.8 Å². The first kappa shape index (κ1) is 24.3. The number of thiocarbonyl (C=S) groups is 1. The first-order valence-electron chi connectivity index (χ1n) is 11.2. The third-order valence-corrected chi connectivity index (χ3v) is 7.39. The lowest BCUT2D eigenvalue weighted by Gasteiger charge is -2.34. The second-order valence-corrected chi connectivity index (χ2v) is 9.84. The predicted molar refractivity (Wildman–Crippen MR) is 150 cm³/mol. The molecule has 0 N–H and O–H groups in total. The van der Waals surface area contributed by atoms with Gasteiger partial charge in [0, 0.05) is 36.3 Å². The lowest BCUT2D eigenvalue weighted by Crippen LogP contribution is -2.54. The van der Waals surface area contributed by atoms with Gasteiger partial charge in [-0.05, 0) is 61.1 Å². The van der Waals surface area contributed by atoms with Crippen molar-refractivity contribution in [2.45, 2.75) is 13.5 Å². The number of aromatic nitrogens is 1. The maximum atomic E-state index is 13.6. The summed E-state index contributed by atoms with van der Waals surface area (Å²) in [6.45, 7) is 2.51. The largest absolute Gasteiger partial charge is 0.342 e. The van der Waals surface area contributed by atoms with Crippen molar-refractivity contribution in [3.8, 4) is 0 Å². The quantitative estimate of drug-likeness (QED) is 0.171. The molecule has 1 aliphatic rings. The number of carbonyl (C=O) groups is 2. The van der Waals surface area contributed by atoms with Gasteiger partial charge in [-0.15, -0.1) is 0 Å². The molecule has 0 spiro atoms. The van der Waals surface area contributed by atoms with Crippen LogP contribution in [-0.2, 0) is 16.1 Å². The number of aryl methyl sites for hydroxylation is 1. The Morgan fingerprint density at radius 1 is 0.917 bits per heavy atom. The number of fused-ring (bicyclic) bond motifs is 1. The zero-order valence-electron chi connectivity index (χ0n) is 19.5. The van der Waals surface area contributed by atoms with Crippen LogP contribution in [0.5, 0.6) is 0 Å². The minimum atomic E-state index is -0.451. The van der Waals surface area contributed by atoms with Gasteiger partial charge in [0.1, 0.15) is 5.57 Å². The summed E-state index contributed by atoms with van der Waals surface area (Å²) in [5.41, 5.74) is 4.42. The molecule has 0 radical (unpaired) electrons. The average molecular weight is 534 g/mol. The van der Waals surface area contributed by atoms with Crippen molar-refractivity contribution in [3.63, 3.8) is 0 Å². The minimum Gasteiger partial charge on any atom is -0.342 e. The summed E-state index contributed by atoms with van der Waals surface area (Å²) in [5, 5.41) is 2.05. The van der Waals surface area contributed by atoms with Crippen molar-refractivity contribution in [1.82, 2.24) is 9.47 Å². The minimum absolute atomic E-state index is 0.0455. The summed E-state index contributed by atoms with van der Waals surface area (Å²) < 4.78 is 2.06. The number of hydrogen-bond donors (Lipinski definition) is 0. The van der Waals surface area contributed by atoms with Crippen molar-refractivity contribution in [3.05, 3.63) is 105 Å². The number of hydrogen-bond acceptors (Lipinski definition) is 3. The van der Waals surface area contributed by atoms with E-state index in [1.54, 1.807) is 19.2 Å². The molecule has 0 saturated carbocycles. The molecular weight excluding hydrogens is 513 g/mol. The molecule has 36 heavy (non-hydrogen) atoms. The van der Waals surface area contributed by atoms with E-state index >= 15 is 0 Å². The lowest BCUT2D eigenvalue weighted by atomic mass is 10.1. The van der Waals surface area contributed by atoms with Gasteiger partial charge in [0.15, 0.2) is 5.11 Å². The third kappa shape index (κ3) is 4.32. The lowest BCUT2D eigenvalue weighted by molar-refractivity contribution is -0.127. The van der Waals surface area contributed by atoms with E-state index in [4.69, 9.17) is 35.4 Å². The van der Waals surface area contributed by atoms with Crippen molar-refractivity contribution in [2.24, 2.45) is 0 Å². The van der Waals surface area contributed by atoms with Crippen molar-refractivity contribution >= 4 is 75.0 Å². The van der Waals surface area contributed by atoms with Crippen LogP contribution in [0.4, 0.5) is 5.69 Å². The van der Waals surface area contributed by atoms with E-state index in [0.717, 1.165) is 27.6 Å². The molecule has 5 rings (SSSR count). The summed E-state index contributed by atoms with van der Waals surface area (Å²) in [5.74, 6) is -0.886. The molecule has 0 bridgehead atoms. The Bertz CT molecular complexity index is 1570. The summed E-state index contributed by atoms with van der Waals surface area (Å²) in [6.07, 6.45) is 3.59. The molecule has 0 aliphatic carbocycles. The van der Waals surface area contributed by atoms with Gasteiger partial charge in [-0.1, -0.05) is 65.2 Å². The number of halogens is 2. The van der Waals surface area contributed by atoms with Crippen LogP contribution in [0.1, 0.15) is 16.7 Å². The molecule has 2 heterocycles. The van der Waals surface area contributed by atoms with E-state index in [1.165, 1.54) is 9.80 Å². The van der Waals surface area contributed by atoms with Gasteiger partial charge in [0.05, 0.1) is 15.7 Å². The molecule has 1 fully saturated rings. The molecule has 0 unspecified atom stereocenters. The first-order chi connectivity index (χ1) is 17.2. The van der Waals surface area contributed by atoms with Gasteiger partial charge >= 0.3 is 0 Å². The van der Waals surface area contributed by atoms with Gasteiger partial charge < -0.3 is 4.57 Å². The maximum Gasteiger partial charge on any atom is 0.270 e. The molecule has 1 aliphatic heterocycles. The Kier molecular flexibility index (Phi) is 6.43. The zero-order chi connectivity index (χ0) is 25.6. The molecule has 0 atom stereocenters. The normalized spacial score (nSPS) is 15.4. The SMILES string of the molecule is Cc1ccc(N2C(=O)/C(=C\c3cn(Cc4ccc(Cl)c(Cl)c4)c4ccccc34)C(=O)N(C)C2=S)cc1. The Morgan fingerprint density at radius 3 is 2.36 bits per heavy atom. The van der Waals surface area contributed by atoms with E-state index < -0.39 is 11.8 Å². The zero-order valence-corrected chi connectivity index (χ0v) is 21.9. The van der Waals surface area contributed by atoms with Crippen LogP contribution in [0.3, 0.4) is 0 Å². The van der Waals surface area contributed by atoms with Gasteiger partial charge in [0.2, 0.25) is 0 Å². The number of para-hydroxylation sites is 1. The van der Waals surface area contributed by atoms with Crippen molar-refractivity contribution in [1.29, 1.82) is 0 Å². The molecule has 2 amide bonds. The van der Waals surface area contributed by atoms with Crippen LogP contribution >= 0.6 is 35.4 Å². The van der Waals surface area contributed by atoms with Crippen LogP contribution in [0.25, 0.3) is 17.0 Å². The molecule has 5 nitrogen and oxygen atoms in total. The highest BCUT2D eigenvalue weighted by Crippen LogP contribution is 2.30. The molecule has 180 valence electrons. The summed E-state index contributed by atoms with van der Waals surface area (Å²) in [7, 11) is 1.58.